The second-order valence-corrected chi connectivity index (χ2v) is 9.94. The molecule has 142 valence electrons. The van der Waals surface area contributed by atoms with E-state index < -0.39 is 10.0 Å². The second kappa shape index (κ2) is 7.31. The highest BCUT2D eigenvalue weighted by atomic mass is 32.2. The van der Waals surface area contributed by atoms with E-state index in [-0.39, 0.29) is 5.41 Å². The molecule has 1 spiro atoms. The van der Waals surface area contributed by atoms with E-state index in [4.69, 9.17) is 0 Å². The van der Waals surface area contributed by atoms with Gasteiger partial charge in [-0.2, -0.15) is 4.31 Å². The van der Waals surface area contributed by atoms with Crippen molar-refractivity contribution in [2.24, 2.45) is 5.41 Å². The van der Waals surface area contributed by atoms with Gasteiger partial charge in [0.05, 0.1) is 0 Å². The summed E-state index contributed by atoms with van der Waals surface area (Å²) in [5.74, 6) is 0.659. The third kappa shape index (κ3) is 3.41. The molecule has 26 heavy (non-hydrogen) atoms. The van der Waals surface area contributed by atoms with Gasteiger partial charge in [0.15, 0.2) is 0 Å². The van der Waals surface area contributed by atoms with Crippen LogP contribution >= 0.6 is 0 Å². The Morgan fingerprint density at radius 2 is 1.85 bits per heavy atom. The first kappa shape index (κ1) is 18.0. The van der Waals surface area contributed by atoms with Crippen molar-refractivity contribution in [3.63, 3.8) is 0 Å². The highest BCUT2D eigenvalue weighted by Crippen LogP contribution is 2.42. The molecule has 0 N–H and O–H groups in total. The topological polar surface area (TPSA) is 53.5 Å². The number of anilines is 1. The number of allylic oxidation sites excluding steroid dienone is 2. The average Bonchev–Trinajstić information content (AvgIpc) is 2.69. The number of aromatic nitrogens is 1. The first-order valence-electron chi connectivity index (χ1n) is 9.96. The Labute approximate surface area is 157 Å². The first-order valence-corrected chi connectivity index (χ1v) is 11.4. The van der Waals surface area contributed by atoms with Gasteiger partial charge in [-0.3, -0.25) is 0 Å². The maximum atomic E-state index is 13.3. The molecule has 6 heteroatoms. The quantitative estimate of drug-likeness (QED) is 0.758. The first-order chi connectivity index (χ1) is 12.6. The molecule has 2 saturated heterocycles. The zero-order chi connectivity index (χ0) is 18.0. The summed E-state index contributed by atoms with van der Waals surface area (Å²) in [6, 6.07) is 3.50. The number of sulfonamides is 1. The van der Waals surface area contributed by atoms with Crippen LogP contribution in [-0.2, 0) is 10.0 Å². The van der Waals surface area contributed by atoms with Gasteiger partial charge in [0.1, 0.15) is 10.7 Å². The van der Waals surface area contributed by atoms with Gasteiger partial charge in [-0.05, 0) is 62.5 Å². The van der Waals surface area contributed by atoms with Crippen LogP contribution in [0.25, 0.3) is 0 Å². The molecular weight excluding hydrogens is 346 g/mol. The molecule has 0 saturated carbocycles. The van der Waals surface area contributed by atoms with E-state index in [0.717, 1.165) is 51.6 Å². The monoisotopic (exact) mass is 375 g/mol. The summed E-state index contributed by atoms with van der Waals surface area (Å²) >= 11 is 0. The van der Waals surface area contributed by atoms with Gasteiger partial charge in [0.2, 0.25) is 10.0 Å². The largest absolute Gasteiger partial charge is 0.355 e. The van der Waals surface area contributed by atoms with E-state index in [1.807, 2.05) is 0 Å². The van der Waals surface area contributed by atoms with Crippen LogP contribution < -0.4 is 4.90 Å². The molecule has 3 aliphatic rings. The van der Waals surface area contributed by atoms with Crippen molar-refractivity contribution in [2.75, 3.05) is 31.1 Å². The highest BCUT2D eigenvalue weighted by molar-refractivity contribution is 7.89. The molecule has 0 bridgehead atoms. The van der Waals surface area contributed by atoms with Crippen molar-refractivity contribution in [1.29, 1.82) is 0 Å². The number of piperidine rings is 2. The molecule has 5 nitrogen and oxygen atoms in total. The van der Waals surface area contributed by atoms with Gasteiger partial charge >= 0.3 is 0 Å². The molecule has 1 aromatic heterocycles. The van der Waals surface area contributed by atoms with E-state index in [1.54, 1.807) is 22.6 Å². The van der Waals surface area contributed by atoms with Crippen LogP contribution in [0.15, 0.2) is 35.4 Å². The molecule has 2 aliphatic heterocycles. The summed E-state index contributed by atoms with van der Waals surface area (Å²) in [5.41, 5.74) is 0.288. The lowest BCUT2D eigenvalue weighted by atomic mass is 9.71. The van der Waals surface area contributed by atoms with Crippen LogP contribution in [0.5, 0.6) is 0 Å². The Kier molecular flexibility index (Phi) is 5.06. The van der Waals surface area contributed by atoms with Gasteiger partial charge < -0.3 is 4.90 Å². The minimum Gasteiger partial charge on any atom is -0.355 e. The molecular formula is C20H29N3O2S. The van der Waals surface area contributed by atoms with Crippen LogP contribution in [-0.4, -0.2) is 43.9 Å². The van der Waals surface area contributed by atoms with Gasteiger partial charge in [0, 0.05) is 32.4 Å². The van der Waals surface area contributed by atoms with Gasteiger partial charge in [-0.1, -0.05) is 18.6 Å². The number of nitrogens with zero attached hydrogens (tertiary/aromatic N) is 3. The van der Waals surface area contributed by atoms with E-state index in [2.05, 4.69) is 22.0 Å². The van der Waals surface area contributed by atoms with Gasteiger partial charge in [-0.15, -0.1) is 0 Å². The molecule has 0 radical (unpaired) electrons. The molecule has 1 aliphatic carbocycles. The van der Waals surface area contributed by atoms with Crippen LogP contribution in [0, 0.1) is 5.41 Å². The summed E-state index contributed by atoms with van der Waals surface area (Å²) in [4.78, 5) is 7.17. The average molecular weight is 376 g/mol. The summed E-state index contributed by atoms with van der Waals surface area (Å²) < 4.78 is 28.2. The molecule has 1 atom stereocenters. The number of pyridine rings is 1. The predicted octanol–water partition coefficient (Wildman–Crippen LogP) is 3.58. The van der Waals surface area contributed by atoms with Gasteiger partial charge in [-0.25, -0.2) is 13.4 Å². The normalized spacial score (nSPS) is 27.8. The van der Waals surface area contributed by atoms with Crippen LogP contribution in [0.3, 0.4) is 0 Å². The number of hydrogen-bond acceptors (Lipinski definition) is 4. The SMILES string of the molecule is O=S(=O)(c1cccnc1N1CCCC2(CC=CCC2)C1)N1CCCCC1. The van der Waals surface area contributed by atoms with Crippen molar-refractivity contribution in [2.45, 2.75) is 56.3 Å². The Balaban J connectivity index is 1.64. The number of rotatable bonds is 3. The Hall–Kier alpha value is -1.40. The molecule has 1 unspecified atom stereocenters. The summed E-state index contributed by atoms with van der Waals surface area (Å²) in [6.07, 6.45) is 15.1. The third-order valence-electron chi connectivity index (χ3n) is 6.20. The fraction of sp³-hybridized carbons (Fsp3) is 0.650. The van der Waals surface area contributed by atoms with E-state index >= 15 is 0 Å². The van der Waals surface area contributed by atoms with Crippen molar-refractivity contribution in [1.82, 2.24) is 9.29 Å². The van der Waals surface area contributed by atoms with Crippen molar-refractivity contribution >= 4 is 15.8 Å². The Bertz CT molecular complexity index is 771. The Morgan fingerprint density at radius 3 is 2.62 bits per heavy atom. The smallest absolute Gasteiger partial charge is 0.246 e. The van der Waals surface area contributed by atoms with Crippen LogP contribution in [0.1, 0.15) is 51.4 Å². The fourth-order valence-electron chi connectivity index (χ4n) is 4.77. The van der Waals surface area contributed by atoms with Crippen LogP contribution in [0.4, 0.5) is 5.82 Å². The minimum absolute atomic E-state index is 0.288. The van der Waals surface area contributed by atoms with Crippen molar-refractivity contribution < 1.29 is 8.42 Å². The fourth-order valence-corrected chi connectivity index (χ4v) is 6.45. The lowest BCUT2D eigenvalue weighted by Gasteiger charge is -2.44. The van der Waals surface area contributed by atoms with E-state index in [9.17, 15) is 8.42 Å². The molecule has 1 aromatic rings. The Morgan fingerprint density at radius 1 is 1.00 bits per heavy atom. The lowest BCUT2D eigenvalue weighted by Crippen LogP contribution is -2.45. The molecule has 0 aromatic carbocycles. The lowest BCUT2D eigenvalue weighted by molar-refractivity contribution is 0.208. The molecule has 4 rings (SSSR count). The maximum Gasteiger partial charge on any atom is 0.246 e. The molecule has 0 amide bonds. The third-order valence-corrected chi connectivity index (χ3v) is 8.12. The summed E-state index contributed by atoms with van der Waals surface area (Å²) in [7, 11) is -3.47. The summed E-state index contributed by atoms with van der Waals surface area (Å²) in [6.45, 7) is 3.07. The standard InChI is InChI=1S/C20H29N3O2S/c24-26(25,23-15-5-2-6-16-23)18-9-7-13-21-19(18)22-14-8-12-20(17-22)10-3-1-4-11-20/h1,3,7,9,13H,2,4-6,8,10-12,14-17H2. The maximum absolute atomic E-state index is 13.3. The van der Waals surface area contributed by atoms with Crippen LogP contribution in [0.2, 0.25) is 0 Å². The van der Waals surface area contributed by atoms with Crippen molar-refractivity contribution in [3.05, 3.63) is 30.5 Å². The van der Waals surface area contributed by atoms with E-state index in [0.29, 0.717) is 23.8 Å². The zero-order valence-corrected chi connectivity index (χ0v) is 16.3. The zero-order valence-electron chi connectivity index (χ0n) is 15.4. The highest BCUT2D eigenvalue weighted by Gasteiger charge is 2.38. The summed E-state index contributed by atoms with van der Waals surface area (Å²) in [5, 5.41) is 0. The van der Waals surface area contributed by atoms with E-state index in [1.165, 1.54) is 12.8 Å². The minimum atomic E-state index is -3.47. The molecule has 2 fully saturated rings. The predicted molar refractivity (Wildman–Crippen MR) is 104 cm³/mol. The molecule has 3 heterocycles. The van der Waals surface area contributed by atoms with Gasteiger partial charge in [0.25, 0.3) is 0 Å². The van der Waals surface area contributed by atoms with Crippen molar-refractivity contribution in [3.8, 4) is 0 Å². The number of hydrogen-bond donors (Lipinski definition) is 0. The second-order valence-electron chi connectivity index (χ2n) is 8.03.